The topological polar surface area (TPSA) is 143 Å². The van der Waals surface area contributed by atoms with E-state index >= 15 is 0 Å². The second kappa shape index (κ2) is 13.4. The van der Waals surface area contributed by atoms with E-state index in [-0.39, 0.29) is 6.10 Å². The number of hydrogen-bond donors (Lipinski definition) is 4. The van der Waals surface area contributed by atoms with Crippen molar-refractivity contribution in [2.45, 2.75) is 50.9 Å². The minimum atomic E-state index is -1.82. The number of rotatable bonds is 8. The lowest BCUT2D eigenvalue weighted by molar-refractivity contribution is -0.159. The summed E-state index contributed by atoms with van der Waals surface area (Å²) in [6.07, 6.45) is 5.73. The molecule has 0 spiro atoms. The Labute approximate surface area is 215 Å². The summed E-state index contributed by atoms with van der Waals surface area (Å²) in [5.74, 6) is -2.25. The van der Waals surface area contributed by atoms with Gasteiger partial charge in [0.2, 0.25) is 0 Å². The number of aliphatic carboxylic acids is 2. The fourth-order valence-electron chi connectivity index (χ4n) is 4.20. The Morgan fingerprint density at radius 2 is 1.62 bits per heavy atom. The number of aliphatic hydroxyl groups is 1. The maximum Gasteiger partial charge on any atom is 0.414 e. The standard InChI is InChI=1S/C25H31N3O3.C2H2O4/c1-30-23-13-8-19(14-24(23)31-2)25-20(15-26-21-9-11-22(29)12-10-21)17-28(27-25)16-18-6-4-3-5-7-18;3-1(4)2(5)6/h3-8,13-14,17,21-22,26,29H,9-12,15-16H2,1-2H3;(H,3,4)(H,5,6). The zero-order valence-electron chi connectivity index (χ0n) is 21.0. The first kappa shape index (κ1) is 27.7. The van der Waals surface area contributed by atoms with E-state index in [1.165, 1.54) is 5.56 Å². The number of hydrogen-bond acceptors (Lipinski definition) is 7. The molecule has 1 saturated carbocycles. The van der Waals surface area contributed by atoms with Crippen LogP contribution in [-0.4, -0.2) is 63.4 Å². The predicted molar refractivity (Wildman–Crippen MR) is 137 cm³/mol. The second-order valence-electron chi connectivity index (χ2n) is 8.75. The third-order valence-electron chi connectivity index (χ3n) is 6.14. The highest BCUT2D eigenvalue weighted by atomic mass is 16.5. The Balaban J connectivity index is 0.000000568. The molecule has 1 aromatic heterocycles. The molecule has 0 radical (unpaired) electrons. The summed E-state index contributed by atoms with van der Waals surface area (Å²) >= 11 is 0. The quantitative estimate of drug-likeness (QED) is 0.335. The molecule has 0 saturated heterocycles. The highest BCUT2D eigenvalue weighted by molar-refractivity contribution is 6.27. The third-order valence-corrected chi connectivity index (χ3v) is 6.14. The fraction of sp³-hybridized carbons (Fsp3) is 0.370. The highest BCUT2D eigenvalue weighted by Gasteiger charge is 2.20. The lowest BCUT2D eigenvalue weighted by Gasteiger charge is -2.26. The summed E-state index contributed by atoms with van der Waals surface area (Å²) in [7, 11) is 3.29. The molecule has 1 aliphatic rings. The van der Waals surface area contributed by atoms with Gasteiger partial charge in [-0.2, -0.15) is 5.10 Å². The Morgan fingerprint density at radius 1 is 0.973 bits per heavy atom. The van der Waals surface area contributed by atoms with E-state index < -0.39 is 11.9 Å². The van der Waals surface area contributed by atoms with Crippen LogP contribution in [0.15, 0.2) is 54.7 Å². The fourth-order valence-corrected chi connectivity index (χ4v) is 4.20. The number of carboxylic acids is 2. The van der Waals surface area contributed by atoms with Crippen LogP contribution >= 0.6 is 0 Å². The van der Waals surface area contributed by atoms with Crippen molar-refractivity contribution in [3.8, 4) is 22.8 Å². The molecule has 198 valence electrons. The number of nitrogens with zero attached hydrogens (tertiary/aromatic N) is 2. The Morgan fingerprint density at radius 3 is 2.22 bits per heavy atom. The van der Waals surface area contributed by atoms with Gasteiger partial charge in [-0.25, -0.2) is 9.59 Å². The molecule has 0 aliphatic heterocycles. The molecule has 1 aliphatic carbocycles. The monoisotopic (exact) mass is 511 g/mol. The minimum absolute atomic E-state index is 0.144. The maximum absolute atomic E-state index is 9.78. The van der Waals surface area contributed by atoms with E-state index in [2.05, 4.69) is 23.6 Å². The molecule has 0 atom stereocenters. The van der Waals surface area contributed by atoms with E-state index in [0.29, 0.717) is 17.5 Å². The van der Waals surface area contributed by atoms with Crippen molar-refractivity contribution in [1.29, 1.82) is 0 Å². The molecule has 1 heterocycles. The van der Waals surface area contributed by atoms with Gasteiger partial charge in [-0.3, -0.25) is 4.68 Å². The summed E-state index contributed by atoms with van der Waals surface area (Å²) < 4.78 is 12.9. The van der Waals surface area contributed by atoms with E-state index in [9.17, 15) is 5.11 Å². The van der Waals surface area contributed by atoms with Crippen molar-refractivity contribution in [2.24, 2.45) is 0 Å². The van der Waals surface area contributed by atoms with Crippen LogP contribution in [-0.2, 0) is 22.7 Å². The molecule has 3 aromatic rings. The molecule has 0 amide bonds. The van der Waals surface area contributed by atoms with Crippen LogP contribution in [0.2, 0.25) is 0 Å². The number of aromatic nitrogens is 2. The number of carboxylic acid groups (broad SMARTS) is 2. The maximum atomic E-state index is 9.78. The van der Waals surface area contributed by atoms with Crippen molar-refractivity contribution in [1.82, 2.24) is 15.1 Å². The predicted octanol–water partition coefficient (Wildman–Crippen LogP) is 3.16. The van der Waals surface area contributed by atoms with Crippen molar-refractivity contribution in [3.05, 3.63) is 65.9 Å². The molecular weight excluding hydrogens is 478 g/mol. The number of methoxy groups -OCH3 is 2. The van der Waals surface area contributed by atoms with Gasteiger partial charge in [0.1, 0.15) is 0 Å². The van der Waals surface area contributed by atoms with Crippen LogP contribution in [0, 0.1) is 0 Å². The van der Waals surface area contributed by atoms with Crippen LogP contribution in [0.5, 0.6) is 11.5 Å². The smallest absolute Gasteiger partial charge is 0.414 e. The summed E-state index contributed by atoms with van der Waals surface area (Å²) in [6, 6.07) is 16.7. The number of carbonyl (C=O) groups is 2. The minimum Gasteiger partial charge on any atom is -0.493 e. The molecular formula is C27H33N3O7. The summed E-state index contributed by atoms with van der Waals surface area (Å²) in [5, 5.41) is 33.2. The molecule has 4 N–H and O–H groups in total. The molecule has 10 heteroatoms. The van der Waals surface area contributed by atoms with E-state index in [0.717, 1.165) is 55.6 Å². The van der Waals surface area contributed by atoms with Gasteiger partial charge >= 0.3 is 11.9 Å². The number of benzene rings is 2. The highest BCUT2D eigenvalue weighted by Crippen LogP contribution is 2.33. The zero-order valence-corrected chi connectivity index (χ0v) is 21.0. The Bertz CT molecular complexity index is 1160. The van der Waals surface area contributed by atoms with Crippen molar-refractivity contribution in [2.75, 3.05) is 14.2 Å². The Kier molecular flexibility index (Phi) is 10.0. The summed E-state index contributed by atoms with van der Waals surface area (Å²) in [5.41, 5.74) is 4.31. The largest absolute Gasteiger partial charge is 0.493 e. The SMILES string of the molecule is COc1ccc(-c2nn(Cc3ccccc3)cc2CNC2CCC(O)CC2)cc1OC.O=C(O)C(=O)O. The zero-order chi connectivity index (χ0) is 26.8. The van der Waals surface area contributed by atoms with E-state index in [1.54, 1.807) is 14.2 Å². The summed E-state index contributed by atoms with van der Waals surface area (Å²) in [4.78, 5) is 18.2. The van der Waals surface area contributed by atoms with Crippen LogP contribution in [0.25, 0.3) is 11.3 Å². The molecule has 1 fully saturated rings. The van der Waals surface area contributed by atoms with Gasteiger partial charge in [0.05, 0.1) is 32.6 Å². The molecule has 0 unspecified atom stereocenters. The van der Waals surface area contributed by atoms with Gasteiger partial charge in [0.15, 0.2) is 11.5 Å². The molecule has 10 nitrogen and oxygen atoms in total. The normalized spacial score (nSPS) is 16.8. The van der Waals surface area contributed by atoms with Crippen LogP contribution in [0.3, 0.4) is 0 Å². The van der Waals surface area contributed by atoms with Gasteiger partial charge in [-0.05, 0) is 49.4 Å². The molecule has 4 rings (SSSR count). The first-order valence-corrected chi connectivity index (χ1v) is 12.0. The number of nitrogens with one attached hydrogen (secondary N) is 1. The van der Waals surface area contributed by atoms with Crippen molar-refractivity contribution >= 4 is 11.9 Å². The molecule has 2 aromatic carbocycles. The van der Waals surface area contributed by atoms with Crippen LogP contribution in [0.4, 0.5) is 0 Å². The van der Waals surface area contributed by atoms with Crippen molar-refractivity contribution < 1.29 is 34.4 Å². The van der Waals surface area contributed by atoms with Crippen LogP contribution < -0.4 is 14.8 Å². The second-order valence-corrected chi connectivity index (χ2v) is 8.75. The third kappa shape index (κ3) is 8.06. The molecule has 0 bridgehead atoms. The number of ether oxygens (including phenoxy) is 2. The van der Waals surface area contributed by atoms with Crippen LogP contribution in [0.1, 0.15) is 36.8 Å². The average molecular weight is 512 g/mol. The van der Waals surface area contributed by atoms with Gasteiger partial charge in [-0.15, -0.1) is 0 Å². The van der Waals surface area contributed by atoms with Crippen molar-refractivity contribution in [3.63, 3.8) is 0 Å². The first-order valence-electron chi connectivity index (χ1n) is 12.0. The van der Waals surface area contributed by atoms with Gasteiger partial charge < -0.3 is 30.1 Å². The van der Waals surface area contributed by atoms with Gasteiger partial charge in [0, 0.05) is 29.9 Å². The summed E-state index contributed by atoms with van der Waals surface area (Å²) in [6.45, 7) is 1.45. The number of aliphatic hydroxyl groups excluding tert-OH is 1. The average Bonchev–Trinajstić information content (AvgIpc) is 3.31. The van der Waals surface area contributed by atoms with E-state index in [4.69, 9.17) is 34.4 Å². The van der Waals surface area contributed by atoms with Gasteiger partial charge in [0.25, 0.3) is 0 Å². The van der Waals surface area contributed by atoms with E-state index in [1.807, 2.05) is 41.1 Å². The van der Waals surface area contributed by atoms with Gasteiger partial charge in [-0.1, -0.05) is 30.3 Å². The molecule has 37 heavy (non-hydrogen) atoms. The Hall–Kier alpha value is -3.89. The first-order chi connectivity index (χ1) is 17.8. The lowest BCUT2D eigenvalue weighted by atomic mass is 9.93. The lowest BCUT2D eigenvalue weighted by Crippen LogP contribution is -2.34.